The van der Waals surface area contributed by atoms with Crippen molar-refractivity contribution in [2.75, 3.05) is 24.3 Å². The Bertz CT molecular complexity index is 1150. The predicted octanol–water partition coefficient (Wildman–Crippen LogP) is 2.68. The lowest BCUT2D eigenvalue weighted by Gasteiger charge is -2.19. The molecule has 3 aromatic rings. The van der Waals surface area contributed by atoms with Gasteiger partial charge in [-0.15, -0.1) is 0 Å². The molecule has 0 radical (unpaired) electrons. The van der Waals surface area contributed by atoms with E-state index >= 15 is 0 Å². The summed E-state index contributed by atoms with van der Waals surface area (Å²) in [4.78, 5) is 40.8. The van der Waals surface area contributed by atoms with E-state index in [2.05, 4.69) is 10.3 Å². The highest BCUT2D eigenvalue weighted by Crippen LogP contribution is 2.32. The average molecular weight is 387 g/mol. The first kappa shape index (κ1) is 18.7. The maximum absolute atomic E-state index is 12.7. The first-order valence-corrected chi connectivity index (χ1v) is 8.75. The van der Waals surface area contributed by atoms with Gasteiger partial charge in [0.05, 0.1) is 27.4 Å². The molecule has 0 saturated carbocycles. The Labute approximate surface area is 160 Å². The van der Waals surface area contributed by atoms with E-state index in [9.17, 15) is 14.4 Å². The van der Waals surface area contributed by atoms with Gasteiger partial charge in [0.1, 0.15) is 0 Å². The van der Waals surface area contributed by atoms with Crippen molar-refractivity contribution in [1.29, 1.82) is 0 Å². The van der Waals surface area contributed by atoms with Crippen molar-refractivity contribution in [3.8, 4) is 0 Å². The van der Waals surface area contributed by atoms with Crippen LogP contribution >= 0.6 is 11.6 Å². The lowest BCUT2D eigenvalue weighted by Crippen LogP contribution is -2.36. The molecule has 7 nitrogen and oxygen atoms in total. The summed E-state index contributed by atoms with van der Waals surface area (Å²) in [5.74, 6) is -0.350. The number of para-hydroxylation sites is 1. The summed E-state index contributed by atoms with van der Waals surface area (Å²) >= 11 is 6.23. The highest BCUT2D eigenvalue weighted by Gasteiger charge is 2.14. The second kappa shape index (κ2) is 7.28. The number of nitrogens with one attached hydrogen (secondary N) is 2. The highest BCUT2D eigenvalue weighted by molar-refractivity contribution is 6.34. The summed E-state index contributed by atoms with van der Waals surface area (Å²) in [7, 11) is 3.67. The van der Waals surface area contributed by atoms with Crippen LogP contribution in [0.3, 0.4) is 0 Å². The zero-order valence-corrected chi connectivity index (χ0v) is 15.9. The van der Waals surface area contributed by atoms with Gasteiger partial charge in [0.2, 0.25) is 0 Å². The third-order valence-electron chi connectivity index (χ3n) is 4.24. The maximum atomic E-state index is 12.7. The van der Waals surface area contributed by atoms with E-state index in [4.69, 9.17) is 11.6 Å². The topological polar surface area (TPSA) is 87.2 Å². The fraction of sp³-hybridized carbons (Fsp3) is 0.211. The van der Waals surface area contributed by atoms with Gasteiger partial charge < -0.3 is 19.8 Å². The number of aryl methyl sites for hydroxylation is 1. The van der Waals surface area contributed by atoms with Crippen molar-refractivity contribution in [3.63, 3.8) is 0 Å². The Morgan fingerprint density at radius 2 is 1.96 bits per heavy atom. The molecule has 27 heavy (non-hydrogen) atoms. The number of fused-ring (bicyclic) bond motifs is 1. The van der Waals surface area contributed by atoms with Crippen LogP contribution in [0.5, 0.6) is 0 Å². The minimum Gasteiger partial charge on any atom is -0.375 e. The number of rotatable bonds is 4. The van der Waals surface area contributed by atoms with Crippen LogP contribution in [0.15, 0.2) is 46.0 Å². The van der Waals surface area contributed by atoms with E-state index in [0.29, 0.717) is 39.5 Å². The number of carbonyl (C=O) groups is 1. The zero-order valence-electron chi connectivity index (χ0n) is 15.2. The van der Waals surface area contributed by atoms with Crippen LogP contribution in [0.4, 0.5) is 11.4 Å². The molecule has 1 amide bonds. The Kier molecular flexibility index (Phi) is 5.05. The number of hydrogen-bond acceptors (Lipinski definition) is 4. The molecule has 140 valence electrons. The lowest BCUT2D eigenvalue weighted by atomic mass is 10.1. The van der Waals surface area contributed by atoms with E-state index in [0.717, 1.165) is 0 Å². The van der Waals surface area contributed by atoms with Gasteiger partial charge in [0.15, 0.2) is 0 Å². The van der Waals surface area contributed by atoms with Gasteiger partial charge >= 0.3 is 11.1 Å². The van der Waals surface area contributed by atoms with Crippen LogP contribution in [-0.2, 0) is 6.54 Å². The molecule has 1 aromatic heterocycles. The molecule has 0 spiro atoms. The quantitative estimate of drug-likeness (QED) is 0.675. The summed E-state index contributed by atoms with van der Waals surface area (Å²) in [6.07, 6.45) is 0. The van der Waals surface area contributed by atoms with Gasteiger partial charge in [-0.1, -0.05) is 17.7 Å². The third-order valence-corrected chi connectivity index (χ3v) is 4.54. The number of aromatic amines is 1. The molecule has 0 atom stereocenters. The molecule has 0 unspecified atom stereocenters. The zero-order chi connectivity index (χ0) is 19.7. The summed E-state index contributed by atoms with van der Waals surface area (Å²) < 4.78 is 1.37. The Balaban J connectivity index is 2.03. The average Bonchev–Trinajstić information content (AvgIpc) is 2.62. The van der Waals surface area contributed by atoms with Crippen molar-refractivity contribution >= 4 is 39.9 Å². The van der Waals surface area contributed by atoms with Crippen LogP contribution in [0.2, 0.25) is 5.02 Å². The van der Waals surface area contributed by atoms with Gasteiger partial charge in [0, 0.05) is 26.2 Å². The van der Waals surface area contributed by atoms with E-state index in [1.54, 1.807) is 43.3 Å². The van der Waals surface area contributed by atoms with Crippen LogP contribution in [0, 0.1) is 0 Å². The van der Waals surface area contributed by atoms with Gasteiger partial charge in [-0.25, -0.2) is 0 Å². The second-order valence-corrected chi connectivity index (χ2v) is 6.63. The molecule has 1 heterocycles. The number of H-pyrrole nitrogens is 1. The van der Waals surface area contributed by atoms with Gasteiger partial charge in [0.25, 0.3) is 5.91 Å². The number of hydrogen-bond donors (Lipinski definition) is 2. The van der Waals surface area contributed by atoms with E-state index in [-0.39, 0.29) is 5.91 Å². The first-order valence-electron chi connectivity index (χ1n) is 8.37. The van der Waals surface area contributed by atoms with Crippen molar-refractivity contribution in [3.05, 3.63) is 67.7 Å². The van der Waals surface area contributed by atoms with E-state index in [1.165, 1.54) is 4.57 Å². The summed E-state index contributed by atoms with van der Waals surface area (Å²) in [5, 5.41) is 3.36. The Morgan fingerprint density at radius 1 is 1.22 bits per heavy atom. The SMILES string of the molecule is CCn1c(=O)c(=O)[nH]c2cc(C(=O)Nc3cccc(Cl)c3N(C)C)ccc21. The number of nitrogens with zero attached hydrogens (tertiary/aromatic N) is 2. The molecule has 0 aliphatic heterocycles. The number of halogens is 1. The fourth-order valence-electron chi connectivity index (χ4n) is 3.00. The van der Waals surface area contributed by atoms with Crippen LogP contribution in [-0.4, -0.2) is 29.6 Å². The fourth-order valence-corrected chi connectivity index (χ4v) is 3.34. The molecule has 0 fully saturated rings. The largest absolute Gasteiger partial charge is 0.375 e. The van der Waals surface area contributed by atoms with Crippen LogP contribution < -0.4 is 21.3 Å². The van der Waals surface area contributed by atoms with Crippen LogP contribution in [0.1, 0.15) is 17.3 Å². The summed E-state index contributed by atoms with van der Waals surface area (Å²) in [5.41, 5.74) is 1.28. The lowest BCUT2D eigenvalue weighted by molar-refractivity contribution is 0.102. The maximum Gasteiger partial charge on any atom is 0.316 e. The number of carbonyl (C=O) groups excluding carboxylic acids is 1. The molecule has 2 aromatic carbocycles. The molecule has 3 rings (SSSR count). The highest BCUT2D eigenvalue weighted by atomic mass is 35.5. The molecule has 0 aliphatic rings. The smallest absolute Gasteiger partial charge is 0.316 e. The normalized spacial score (nSPS) is 10.8. The number of aromatic nitrogens is 2. The first-order chi connectivity index (χ1) is 12.8. The second-order valence-electron chi connectivity index (χ2n) is 6.22. The summed E-state index contributed by atoms with van der Waals surface area (Å²) in [6, 6.07) is 10.1. The van der Waals surface area contributed by atoms with Gasteiger partial charge in [-0.05, 0) is 37.3 Å². The predicted molar refractivity (Wildman–Crippen MR) is 108 cm³/mol. The van der Waals surface area contributed by atoms with Crippen molar-refractivity contribution in [2.45, 2.75) is 13.5 Å². The number of anilines is 2. The molecular formula is C19H19ClN4O3. The van der Waals surface area contributed by atoms with E-state index in [1.807, 2.05) is 19.0 Å². The molecular weight excluding hydrogens is 368 g/mol. The van der Waals surface area contributed by atoms with E-state index < -0.39 is 11.1 Å². The molecule has 8 heteroatoms. The van der Waals surface area contributed by atoms with Crippen molar-refractivity contribution < 1.29 is 4.79 Å². The van der Waals surface area contributed by atoms with Crippen molar-refractivity contribution in [1.82, 2.24) is 9.55 Å². The van der Waals surface area contributed by atoms with Gasteiger partial charge in [-0.3, -0.25) is 14.4 Å². The number of amides is 1. The van der Waals surface area contributed by atoms with Crippen molar-refractivity contribution in [2.24, 2.45) is 0 Å². The third kappa shape index (κ3) is 3.46. The minimum atomic E-state index is -0.716. The summed E-state index contributed by atoms with van der Waals surface area (Å²) in [6.45, 7) is 2.14. The Hall–Kier alpha value is -3.06. The monoisotopic (exact) mass is 386 g/mol. The molecule has 0 aliphatic carbocycles. The molecule has 2 N–H and O–H groups in total. The molecule has 0 bridgehead atoms. The standard InChI is InChI=1S/C19H19ClN4O3/c1-4-24-15-9-8-11(10-14(15)22-18(26)19(24)27)17(25)21-13-7-5-6-12(20)16(13)23(2)3/h5-10H,4H2,1-3H3,(H,21,25)(H,22,26). The Morgan fingerprint density at radius 3 is 2.63 bits per heavy atom. The molecule has 0 saturated heterocycles. The minimum absolute atomic E-state index is 0.350. The van der Waals surface area contributed by atoms with Gasteiger partial charge in [-0.2, -0.15) is 0 Å². The van der Waals surface area contributed by atoms with Crippen LogP contribution in [0.25, 0.3) is 11.0 Å². The number of benzene rings is 2.